The number of esters is 3. The van der Waals surface area contributed by atoms with Gasteiger partial charge in [-0.25, -0.2) is 14.4 Å². The summed E-state index contributed by atoms with van der Waals surface area (Å²) < 4.78 is 31.7. The molecule has 3 aromatic rings. The average molecular weight is 831 g/mol. The molecule has 4 aliphatic carbocycles. The molecule has 326 valence electrons. The van der Waals surface area contributed by atoms with E-state index in [-0.39, 0.29) is 18.1 Å². The van der Waals surface area contributed by atoms with E-state index in [4.69, 9.17) is 23.7 Å². The number of rotatable bonds is 13. The SMILES string of the molecule is CC(C)CCC[C@@H](C)[C@H]1CCC2=C3CC[C@H]4C[C@@H](O[C@@H]5OC[C@@H](OC(=O)c6ccccc6)[C@H](OC(=O)c6ccccc6)[C@H]5OC(=O)c5ccccc5)CC[C@]4(C)[C@H]3CC[C@@]21C. The van der Waals surface area contributed by atoms with Crippen LogP contribution < -0.4 is 0 Å². The zero-order chi connectivity index (χ0) is 42.7. The lowest BCUT2D eigenvalue weighted by atomic mass is 9.48. The molecule has 0 N–H and O–H groups in total. The molecule has 11 atom stereocenters. The van der Waals surface area contributed by atoms with Crippen molar-refractivity contribution in [1.29, 1.82) is 0 Å². The zero-order valence-corrected chi connectivity index (χ0v) is 36.9. The molecule has 1 saturated heterocycles. The lowest BCUT2D eigenvalue weighted by Crippen LogP contribution is -2.59. The van der Waals surface area contributed by atoms with Gasteiger partial charge >= 0.3 is 17.9 Å². The maximum Gasteiger partial charge on any atom is 0.338 e. The van der Waals surface area contributed by atoms with Gasteiger partial charge in [-0.05, 0) is 135 Å². The van der Waals surface area contributed by atoms with Crippen LogP contribution in [0.2, 0.25) is 0 Å². The number of fused-ring (bicyclic) bond motifs is 4. The largest absolute Gasteiger partial charge is 0.452 e. The van der Waals surface area contributed by atoms with Gasteiger partial charge in [0, 0.05) is 0 Å². The summed E-state index contributed by atoms with van der Waals surface area (Å²) in [5.74, 6) is 1.56. The summed E-state index contributed by atoms with van der Waals surface area (Å²) in [6, 6.07) is 25.9. The van der Waals surface area contributed by atoms with Crippen LogP contribution in [0, 0.1) is 40.4 Å². The van der Waals surface area contributed by atoms with E-state index in [0.717, 1.165) is 43.4 Å². The van der Waals surface area contributed by atoms with Gasteiger partial charge in [-0.3, -0.25) is 0 Å². The van der Waals surface area contributed by atoms with Crippen LogP contribution in [0.4, 0.5) is 0 Å². The van der Waals surface area contributed by atoms with Crippen molar-refractivity contribution in [3.8, 4) is 0 Å². The minimum atomic E-state index is -1.22. The molecule has 61 heavy (non-hydrogen) atoms. The van der Waals surface area contributed by atoms with Crippen LogP contribution in [-0.2, 0) is 23.7 Å². The van der Waals surface area contributed by atoms with Gasteiger partial charge in [-0.15, -0.1) is 0 Å². The Labute approximate surface area is 363 Å². The first-order valence-corrected chi connectivity index (χ1v) is 23.2. The minimum absolute atomic E-state index is 0.113. The summed E-state index contributed by atoms with van der Waals surface area (Å²) in [4.78, 5) is 41.0. The molecule has 5 aliphatic rings. The third kappa shape index (κ3) is 9.13. The van der Waals surface area contributed by atoms with E-state index < -0.39 is 42.5 Å². The average Bonchev–Trinajstić information content (AvgIpc) is 3.63. The lowest BCUT2D eigenvalue weighted by molar-refractivity contribution is -0.286. The first-order chi connectivity index (χ1) is 29.4. The number of hydrogen-bond acceptors (Lipinski definition) is 8. The molecule has 1 aliphatic heterocycles. The standard InChI is InChI=1S/C53H66O8/c1-34(2)16-15-17-35(3)42-26-27-43-41-25-24-39-32-40(28-30-52(39,4)44(41)29-31-53(42,43)5)58-51-47(61-50(56)38-22-13-8-14-23-38)46(60-49(55)37-20-11-7-12-21-37)45(33-57-51)59-48(54)36-18-9-6-10-19-36/h6-14,18-23,34-35,39-40,42,44-47,51H,15-17,24-33H2,1-5H3/t35-,39+,40+,42-,44+,45-,46+,47-,51+,52+,53-/m1/s1. The van der Waals surface area contributed by atoms with Gasteiger partial charge in [0.05, 0.1) is 29.4 Å². The van der Waals surface area contributed by atoms with Crippen LogP contribution in [0.3, 0.4) is 0 Å². The first-order valence-electron chi connectivity index (χ1n) is 23.2. The van der Waals surface area contributed by atoms with Gasteiger partial charge in [-0.2, -0.15) is 0 Å². The summed E-state index contributed by atoms with van der Waals surface area (Å²) in [6.07, 6.45) is 9.53. The van der Waals surface area contributed by atoms with Crippen molar-refractivity contribution in [1.82, 2.24) is 0 Å². The number of allylic oxidation sites excluding steroid dienone is 2. The second kappa shape index (κ2) is 18.6. The molecular weight excluding hydrogens is 765 g/mol. The summed E-state index contributed by atoms with van der Waals surface area (Å²) in [5.41, 5.74) is 5.14. The van der Waals surface area contributed by atoms with Crippen LogP contribution in [0.15, 0.2) is 102 Å². The molecular formula is C53H66O8. The van der Waals surface area contributed by atoms with E-state index in [0.29, 0.717) is 33.9 Å². The molecule has 3 aromatic carbocycles. The maximum absolute atomic E-state index is 13.8. The third-order valence-corrected chi connectivity index (χ3v) is 15.6. The Bertz CT molecular complexity index is 2010. The minimum Gasteiger partial charge on any atom is -0.452 e. The maximum atomic E-state index is 13.8. The second-order valence-electron chi connectivity index (χ2n) is 19.7. The van der Waals surface area contributed by atoms with Crippen molar-refractivity contribution in [3.05, 3.63) is 119 Å². The van der Waals surface area contributed by atoms with Crippen molar-refractivity contribution in [2.24, 2.45) is 40.4 Å². The fourth-order valence-corrected chi connectivity index (χ4v) is 12.3. The number of benzene rings is 3. The molecule has 8 heteroatoms. The number of ether oxygens (including phenoxy) is 5. The highest BCUT2D eigenvalue weighted by Crippen LogP contribution is 2.66. The highest BCUT2D eigenvalue weighted by Gasteiger charge is 2.57. The highest BCUT2D eigenvalue weighted by atomic mass is 16.7. The molecule has 0 unspecified atom stereocenters. The second-order valence-corrected chi connectivity index (χ2v) is 19.7. The molecule has 0 radical (unpaired) electrons. The van der Waals surface area contributed by atoms with Crippen molar-refractivity contribution in [2.75, 3.05) is 6.61 Å². The Morgan fingerprint density at radius 2 is 1.28 bits per heavy atom. The smallest absolute Gasteiger partial charge is 0.338 e. The van der Waals surface area contributed by atoms with Crippen molar-refractivity contribution < 1.29 is 38.1 Å². The fraction of sp³-hybridized carbons (Fsp3) is 0.566. The van der Waals surface area contributed by atoms with Gasteiger partial charge in [0.15, 0.2) is 24.6 Å². The van der Waals surface area contributed by atoms with Gasteiger partial charge in [0.2, 0.25) is 0 Å². The monoisotopic (exact) mass is 830 g/mol. The molecule has 0 amide bonds. The third-order valence-electron chi connectivity index (χ3n) is 15.6. The van der Waals surface area contributed by atoms with Gasteiger partial charge in [0.25, 0.3) is 0 Å². The van der Waals surface area contributed by atoms with E-state index >= 15 is 0 Å². The van der Waals surface area contributed by atoms with Crippen LogP contribution in [0.1, 0.15) is 143 Å². The summed E-state index contributed by atoms with van der Waals surface area (Å²) >= 11 is 0. The van der Waals surface area contributed by atoms with Crippen LogP contribution >= 0.6 is 0 Å². The van der Waals surface area contributed by atoms with Crippen LogP contribution in [0.25, 0.3) is 0 Å². The summed E-state index contributed by atoms with van der Waals surface area (Å²) in [7, 11) is 0. The Balaban J connectivity index is 1.01. The molecule has 1 heterocycles. The van der Waals surface area contributed by atoms with E-state index in [1.54, 1.807) is 78.4 Å². The van der Waals surface area contributed by atoms with Crippen LogP contribution in [0.5, 0.6) is 0 Å². The van der Waals surface area contributed by atoms with Crippen LogP contribution in [-0.4, -0.2) is 55.2 Å². The molecule has 3 saturated carbocycles. The molecule has 0 spiro atoms. The van der Waals surface area contributed by atoms with E-state index in [1.165, 1.54) is 51.4 Å². The molecule has 0 aromatic heterocycles. The van der Waals surface area contributed by atoms with E-state index in [9.17, 15) is 14.4 Å². The predicted molar refractivity (Wildman–Crippen MR) is 235 cm³/mol. The number of carbonyl (C=O) groups excluding carboxylic acids is 3. The topological polar surface area (TPSA) is 97.4 Å². The fourth-order valence-electron chi connectivity index (χ4n) is 12.3. The summed E-state index contributed by atoms with van der Waals surface area (Å²) in [5, 5.41) is 0. The molecule has 8 nitrogen and oxygen atoms in total. The first kappa shape index (κ1) is 43.4. The normalized spacial score (nSPS) is 32.6. The van der Waals surface area contributed by atoms with Crippen molar-refractivity contribution in [3.63, 3.8) is 0 Å². The molecule has 4 fully saturated rings. The Morgan fingerprint density at radius 1 is 0.689 bits per heavy atom. The van der Waals surface area contributed by atoms with Gasteiger partial charge in [0.1, 0.15) is 0 Å². The van der Waals surface area contributed by atoms with E-state index in [2.05, 4.69) is 34.6 Å². The van der Waals surface area contributed by atoms with Gasteiger partial charge < -0.3 is 23.7 Å². The van der Waals surface area contributed by atoms with Crippen molar-refractivity contribution >= 4 is 17.9 Å². The Kier molecular flexibility index (Phi) is 13.2. The Hall–Kier alpha value is -4.27. The van der Waals surface area contributed by atoms with Crippen molar-refractivity contribution in [2.45, 2.75) is 142 Å². The number of hydrogen-bond donors (Lipinski definition) is 0. The molecule has 8 rings (SSSR count). The predicted octanol–water partition coefficient (Wildman–Crippen LogP) is 11.6. The molecule has 0 bridgehead atoms. The van der Waals surface area contributed by atoms with E-state index in [1.807, 2.05) is 23.8 Å². The number of carbonyl (C=O) groups is 3. The summed E-state index contributed by atoms with van der Waals surface area (Å²) in [6.45, 7) is 12.3. The van der Waals surface area contributed by atoms with Gasteiger partial charge in [-0.1, -0.05) is 120 Å². The Morgan fingerprint density at radius 3 is 1.89 bits per heavy atom. The lowest BCUT2D eigenvalue weighted by Gasteiger charge is -2.57. The quantitative estimate of drug-likeness (QED) is 0.0727. The highest BCUT2D eigenvalue weighted by molar-refractivity contribution is 5.91. The zero-order valence-electron chi connectivity index (χ0n) is 36.9.